The fourth-order valence-electron chi connectivity index (χ4n) is 8.79. The molecule has 25 heteroatoms. The molecule has 448 valence electrons. The van der Waals surface area contributed by atoms with Gasteiger partial charge in [-0.25, -0.2) is 4.79 Å². The highest BCUT2D eigenvalue weighted by Crippen LogP contribution is 2.19. The van der Waals surface area contributed by atoms with Gasteiger partial charge in [0.05, 0.1) is 6.10 Å². The number of nitrogens with one attached hydrogen (secondary N) is 8. The second kappa shape index (κ2) is 32.9. The zero-order valence-electron chi connectivity index (χ0n) is 46.5. The number of phenols is 1. The summed E-state index contributed by atoms with van der Waals surface area (Å²) in [4.78, 5) is 140. The minimum atomic E-state index is -1.98. The van der Waals surface area contributed by atoms with Crippen LogP contribution in [0, 0.1) is 0 Å². The van der Waals surface area contributed by atoms with Crippen molar-refractivity contribution in [3.8, 4) is 5.75 Å². The summed E-state index contributed by atoms with van der Waals surface area (Å²) in [6, 6.07) is 24.3. The van der Waals surface area contributed by atoms with Gasteiger partial charge in [-0.05, 0) is 84.5 Å². The van der Waals surface area contributed by atoms with Crippen LogP contribution in [0.25, 0.3) is 10.8 Å². The number of aliphatic hydroxyl groups excluding tert-OH is 1. The number of aliphatic carboxylic acids is 1. The minimum absolute atomic E-state index is 0.0850. The van der Waals surface area contributed by atoms with Crippen molar-refractivity contribution in [1.82, 2.24) is 47.4 Å². The van der Waals surface area contributed by atoms with E-state index < -0.39 is 114 Å². The van der Waals surface area contributed by atoms with Crippen molar-refractivity contribution >= 4 is 95.2 Å². The Morgan fingerprint density at radius 2 is 0.964 bits per heavy atom. The Hall–Kier alpha value is -8.52. The first-order chi connectivity index (χ1) is 40.1. The molecule has 0 fully saturated rings. The van der Waals surface area contributed by atoms with Crippen LogP contribution in [0.3, 0.4) is 0 Å². The third kappa shape index (κ3) is 20.1. The Kier molecular flexibility index (Phi) is 26.0. The zero-order chi connectivity index (χ0) is 61.5. The molecule has 23 nitrogen and oxygen atoms in total. The molecule has 5 aromatic rings. The lowest BCUT2D eigenvalue weighted by Crippen LogP contribution is -2.64. The number of aliphatic hydroxyl groups is 1. The topological polar surface area (TPSA) is 357 Å². The molecule has 0 spiro atoms. The number of phenolic OH excluding ortho intramolecular Hbond substituents is 1. The van der Waals surface area contributed by atoms with E-state index in [1.165, 1.54) is 51.2 Å². The van der Waals surface area contributed by atoms with Crippen molar-refractivity contribution in [2.24, 2.45) is 5.73 Å². The predicted molar refractivity (Wildman–Crippen MR) is 319 cm³/mol. The molecule has 0 saturated carbocycles. The molecular weight excluding hydrogens is 1120 g/mol. The van der Waals surface area contributed by atoms with Gasteiger partial charge < -0.3 is 68.5 Å². The molecular formula is C59H72N10O13S2. The van der Waals surface area contributed by atoms with E-state index in [9.17, 15) is 53.7 Å². The average Bonchev–Trinajstić information content (AvgIpc) is 3.32. The van der Waals surface area contributed by atoms with Gasteiger partial charge in [-0.3, -0.25) is 43.2 Å². The molecule has 9 atom stereocenters. The lowest BCUT2D eigenvalue weighted by Gasteiger charge is -2.32. The second-order valence-electron chi connectivity index (χ2n) is 19.9. The fourth-order valence-corrected chi connectivity index (χ4v) is 9.29. The number of likely N-dealkylation sites (N-methyl/N-ethyl adjacent to an activating group) is 1. The van der Waals surface area contributed by atoms with E-state index in [-0.39, 0.29) is 61.5 Å². The minimum Gasteiger partial charge on any atom is -0.508 e. The molecule has 0 aliphatic rings. The van der Waals surface area contributed by atoms with E-state index >= 15 is 9.59 Å². The first kappa shape index (κ1) is 66.3. The highest BCUT2D eigenvalue weighted by molar-refractivity contribution is 7.80. The van der Waals surface area contributed by atoms with Crippen LogP contribution in [0.5, 0.6) is 5.75 Å². The van der Waals surface area contributed by atoms with Gasteiger partial charge in [-0.1, -0.05) is 103 Å². The maximum atomic E-state index is 15.0. The Labute approximate surface area is 496 Å². The number of unbranched alkanes of at least 4 members (excludes halogenated alkanes) is 1. The number of hydrogen-bond donors (Lipinski definition) is 14. The fraction of sp³-hybridized carbons (Fsp3) is 0.356. The number of amides is 9. The Balaban J connectivity index is 1.51. The van der Waals surface area contributed by atoms with Crippen LogP contribution in [0.1, 0.15) is 60.2 Å². The summed E-state index contributed by atoms with van der Waals surface area (Å²) in [5.74, 6) is -10.1. The van der Waals surface area contributed by atoms with Crippen molar-refractivity contribution in [1.29, 1.82) is 0 Å². The summed E-state index contributed by atoms with van der Waals surface area (Å²) in [5.41, 5.74) is 7.48. The number of rotatable bonds is 31. The van der Waals surface area contributed by atoms with Crippen molar-refractivity contribution in [3.63, 3.8) is 0 Å². The number of nitrogens with two attached hydrogens (primary N) is 1. The molecule has 0 bridgehead atoms. The molecule has 0 saturated heterocycles. The summed E-state index contributed by atoms with van der Waals surface area (Å²) in [7, 11) is 1.22. The highest BCUT2D eigenvalue weighted by atomic mass is 32.1. The molecule has 84 heavy (non-hydrogen) atoms. The molecule has 9 amide bonds. The monoisotopic (exact) mass is 1190 g/mol. The third-order valence-electron chi connectivity index (χ3n) is 13.4. The molecule has 0 aliphatic carbocycles. The van der Waals surface area contributed by atoms with Crippen LogP contribution < -0.4 is 48.3 Å². The molecule has 0 aliphatic heterocycles. The normalized spacial score (nSPS) is 14.2. The van der Waals surface area contributed by atoms with Gasteiger partial charge in [0.15, 0.2) is 6.17 Å². The lowest BCUT2D eigenvalue weighted by molar-refractivity contribution is -0.141. The van der Waals surface area contributed by atoms with Crippen molar-refractivity contribution in [2.75, 3.05) is 25.1 Å². The van der Waals surface area contributed by atoms with E-state index in [1.54, 1.807) is 84.9 Å². The van der Waals surface area contributed by atoms with Crippen LogP contribution in [0.2, 0.25) is 0 Å². The van der Waals surface area contributed by atoms with Crippen LogP contribution >= 0.6 is 25.3 Å². The van der Waals surface area contributed by atoms with E-state index in [0.717, 1.165) is 10.3 Å². The number of hydrogen-bond acceptors (Lipinski definition) is 15. The molecule has 0 aromatic heterocycles. The van der Waals surface area contributed by atoms with E-state index in [2.05, 4.69) is 67.8 Å². The van der Waals surface area contributed by atoms with Crippen molar-refractivity contribution < 1.29 is 63.3 Å². The van der Waals surface area contributed by atoms with Gasteiger partial charge in [-0.15, -0.1) is 0 Å². The summed E-state index contributed by atoms with van der Waals surface area (Å²) >= 11 is 8.22. The predicted octanol–water partition coefficient (Wildman–Crippen LogP) is 0.655. The van der Waals surface area contributed by atoms with Crippen LogP contribution in [-0.4, -0.2) is 159 Å². The standard InChI is InChI=1S/C59H72N10O13S2/c1-34(70)49(56(78)65-45(29-37-16-8-5-9-17-37)53(75)66-48(33-84)59(81)82)67-51(73)43(20-12-13-27-60)62-57(79)50(69(3)58(80)41-24-23-39-18-10-11-19-40(39)31-41)68-54(76)46(30-38-21-25-42(72)26-22-38)63-52(74)44(28-36-14-6-4-7-15-36)64-55(77)47(32-83)61-35(2)71/h4-11,14-19,21-26,31,34,43-50,70,72,83-84H,12-13,20,27-30,32-33,60H2,1-3H3,(H,61,71)(H,62,79)(H,63,74)(H,64,77)(H,65,78)(H,66,75)(H,67,73)(H,68,76)(H,81,82)/t34-,43+,44+,45+,46+,47-,48+,49+,50-/m1/s1. The maximum Gasteiger partial charge on any atom is 0.327 e. The molecule has 5 aromatic carbocycles. The molecule has 5 rings (SSSR count). The van der Waals surface area contributed by atoms with E-state index in [4.69, 9.17) is 5.73 Å². The van der Waals surface area contributed by atoms with Crippen molar-refractivity contribution in [3.05, 3.63) is 150 Å². The lowest BCUT2D eigenvalue weighted by atomic mass is 10.0. The number of carbonyl (C=O) groups excluding carboxylic acids is 9. The van der Waals surface area contributed by atoms with Gasteiger partial charge in [0.25, 0.3) is 11.8 Å². The zero-order valence-corrected chi connectivity index (χ0v) is 48.3. The number of carboxylic acid groups (broad SMARTS) is 1. The molecule has 13 N–H and O–H groups in total. The van der Waals surface area contributed by atoms with E-state index in [0.29, 0.717) is 28.5 Å². The van der Waals surface area contributed by atoms with E-state index in [1.807, 2.05) is 12.1 Å². The third-order valence-corrected chi connectivity index (χ3v) is 14.1. The number of carboxylic acids is 1. The quantitative estimate of drug-likeness (QED) is 0.0165. The number of thiol groups is 2. The first-order valence-corrected chi connectivity index (χ1v) is 28.2. The molecule has 0 radical (unpaired) electrons. The van der Waals surface area contributed by atoms with Gasteiger partial charge in [0, 0.05) is 50.3 Å². The van der Waals surface area contributed by atoms with Crippen molar-refractivity contribution in [2.45, 2.75) is 107 Å². The first-order valence-electron chi connectivity index (χ1n) is 27.0. The van der Waals surface area contributed by atoms with Gasteiger partial charge in [0.2, 0.25) is 41.4 Å². The Bertz CT molecular complexity index is 3090. The second-order valence-corrected chi connectivity index (χ2v) is 20.6. The van der Waals surface area contributed by atoms with Gasteiger partial charge in [0.1, 0.15) is 48.0 Å². The van der Waals surface area contributed by atoms with Crippen LogP contribution in [0.15, 0.2) is 127 Å². The smallest absolute Gasteiger partial charge is 0.327 e. The Morgan fingerprint density at radius 3 is 1.46 bits per heavy atom. The highest BCUT2D eigenvalue weighted by Gasteiger charge is 2.38. The largest absolute Gasteiger partial charge is 0.508 e. The summed E-state index contributed by atoms with van der Waals surface area (Å²) in [6.07, 6.45) is -3.74. The maximum absolute atomic E-state index is 15.0. The van der Waals surface area contributed by atoms with Crippen LogP contribution in [-0.2, 0) is 62.4 Å². The summed E-state index contributed by atoms with van der Waals surface area (Å²) in [5, 5.41) is 52.6. The van der Waals surface area contributed by atoms with Gasteiger partial charge in [-0.2, -0.15) is 25.3 Å². The van der Waals surface area contributed by atoms with Gasteiger partial charge >= 0.3 is 5.97 Å². The molecule has 0 heterocycles. The Morgan fingerprint density at radius 1 is 0.512 bits per heavy atom. The number of nitrogens with zero attached hydrogens (tertiary/aromatic N) is 1. The number of fused-ring (bicyclic) bond motifs is 1. The average molecular weight is 1190 g/mol. The SMILES string of the molecule is CC(=O)N[C@H](CS)C(=O)N[C@@H](Cc1ccccc1)C(=O)N[C@@H](Cc1ccc(O)cc1)C(=O)N[C@@H](C(=O)N[C@@H](CCCCN)C(=O)N[C@H](C(=O)N[C@@H](Cc1ccccc1)C(=O)N[C@@H](CS)C(=O)O)[C@@H](C)O)N(C)C(=O)c1ccc2ccccc2c1. The number of aromatic hydroxyl groups is 1. The summed E-state index contributed by atoms with van der Waals surface area (Å²) < 4.78 is 0. The number of carbonyl (C=O) groups is 10. The number of benzene rings is 5. The van der Waals surface area contributed by atoms with Crippen LogP contribution in [0.4, 0.5) is 0 Å². The molecule has 0 unspecified atom stereocenters. The summed E-state index contributed by atoms with van der Waals surface area (Å²) in [6.45, 7) is 2.56.